The van der Waals surface area contributed by atoms with Crippen molar-refractivity contribution in [2.24, 2.45) is 0 Å². The smallest absolute Gasteiger partial charge is 0.311 e. The summed E-state index contributed by atoms with van der Waals surface area (Å²) in [5, 5.41) is 9.70. The van der Waals surface area contributed by atoms with E-state index in [0.29, 0.717) is 34.4 Å². The van der Waals surface area contributed by atoms with Crippen LogP contribution >= 0.6 is 11.3 Å². The fourth-order valence-electron chi connectivity index (χ4n) is 2.88. The lowest BCUT2D eigenvalue weighted by molar-refractivity contribution is -0.138. The molecule has 0 aromatic carbocycles. The molecule has 0 saturated carbocycles. The number of carbonyl (C=O) groups excluding carboxylic acids is 1. The Balaban J connectivity index is 2.32. The number of ketones is 1. The lowest BCUT2D eigenvalue weighted by Crippen LogP contribution is -2.27. The van der Waals surface area contributed by atoms with Gasteiger partial charge in [-0.25, -0.2) is 4.98 Å². The molecule has 0 saturated heterocycles. The number of fused-ring (bicyclic) bond motifs is 3. The Kier molecular flexibility index (Phi) is 3.16. The zero-order valence-corrected chi connectivity index (χ0v) is 12.5. The van der Waals surface area contributed by atoms with Crippen LogP contribution < -0.4 is 5.56 Å². The van der Waals surface area contributed by atoms with Gasteiger partial charge in [0, 0.05) is 4.88 Å². The van der Waals surface area contributed by atoms with Crippen molar-refractivity contribution in [2.75, 3.05) is 0 Å². The summed E-state index contributed by atoms with van der Waals surface area (Å²) >= 11 is 1.39. The van der Waals surface area contributed by atoms with Gasteiger partial charge in [0.25, 0.3) is 5.56 Å². The summed E-state index contributed by atoms with van der Waals surface area (Å²) in [5.41, 5.74) is 0.302. The molecule has 6 nitrogen and oxygen atoms in total. The summed E-state index contributed by atoms with van der Waals surface area (Å²) in [6, 6.07) is 0. The fraction of sp³-hybridized carbons (Fsp3) is 0.429. The Labute approximate surface area is 124 Å². The predicted molar refractivity (Wildman–Crippen MR) is 78.0 cm³/mol. The summed E-state index contributed by atoms with van der Waals surface area (Å²) < 4.78 is 1.33. The number of aliphatic carboxylic acids is 1. The highest BCUT2D eigenvalue weighted by Gasteiger charge is 2.34. The molecule has 0 spiro atoms. The number of hydrogen-bond donors (Lipinski definition) is 1. The van der Waals surface area contributed by atoms with E-state index in [1.165, 1.54) is 22.8 Å². The third-order valence-corrected chi connectivity index (χ3v) is 4.96. The van der Waals surface area contributed by atoms with Gasteiger partial charge >= 0.3 is 5.97 Å². The second kappa shape index (κ2) is 4.77. The normalized spacial score (nSPS) is 17.1. The standard InChI is InChI=1S/C14H14N2O4S/c1-6(17)5-16-7(2)15-12-11(13(16)18)10-8(14(19)20)3-4-9(10)21-12/h8H,3-5H2,1-2H3,(H,19,20). The Morgan fingerprint density at radius 3 is 2.81 bits per heavy atom. The molecule has 1 unspecified atom stereocenters. The summed E-state index contributed by atoms with van der Waals surface area (Å²) in [6.07, 6.45) is 1.19. The van der Waals surface area contributed by atoms with Gasteiger partial charge < -0.3 is 5.11 Å². The molecule has 110 valence electrons. The van der Waals surface area contributed by atoms with Gasteiger partial charge in [-0.2, -0.15) is 0 Å². The van der Waals surface area contributed by atoms with E-state index in [9.17, 15) is 19.5 Å². The van der Waals surface area contributed by atoms with Crippen LogP contribution in [0.2, 0.25) is 0 Å². The summed E-state index contributed by atoms with van der Waals surface area (Å²) in [5.74, 6) is -1.21. The zero-order chi connectivity index (χ0) is 15.3. The number of thiophene rings is 1. The molecule has 1 aliphatic carbocycles. The first-order valence-electron chi connectivity index (χ1n) is 6.65. The number of rotatable bonds is 3. The van der Waals surface area contributed by atoms with Crippen LogP contribution in [0.1, 0.15) is 35.5 Å². The Hall–Kier alpha value is -2.02. The summed E-state index contributed by atoms with van der Waals surface area (Å²) in [7, 11) is 0. The van der Waals surface area contributed by atoms with Gasteiger partial charge in [0.05, 0.1) is 17.8 Å². The van der Waals surface area contributed by atoms with E-state index < -0.39 is 11.9 Å². The van der Waals surface area contributed by atoms with Crippen LogP contribution in [0.5, 0.6) is 0 Å². The maximum atomic E-state index is 12.7. The van der Waals surface area contributed by atoms with Crippen LogP contribution in [0.15, 0.2) is 4.79 Å². The third kappa shape index (κ3) is 2.08. The van der Waals surface area contributed by atoms with Crippen molar-refractivity contribution in [3.8, 4) is 0 Å². The minimum atomic E-state index is -0.911. The van der Waals surface area contributed by atoms with Gasteiger partial charge in [0.1, 0.15) is 16.4 Å². The fourth-order valence-corrected chi connectivity index (χ4v) is 4.17. The maximum absolute atomic E-state index is 12.7. The Morgan fingerprint density at radius 2 is 2.19 bits per heavy atom. The van der Waals surface area contributed by atoms with Gasteiger partial charge in [-0.1, -0.05) is 0 Å². The predicted octanol–water partition coefficient (Wildman–Crippen LogP) is 1.47. The van der Waals surface area contributed by atoms with Crippen molar-refractivity contribution in [3.05, 3.63) is 26.6 Å². The van der Waals surface area contributed by atoms with Gasteiger partial charge in [-0.15, -0.1) is 11.3 Å². The average Bonchev–Trinajstić information content (AvgIpc) is 2.91. The van der Waals surface area contributed by atoms with Crippen LogP contribution in [0.25, 0.3) is 10.2 Å². The number of aromatic nitrogens is 2. The van der Waals surface area contributed by atoms with E-state index in [1.807, 2.05) is 0 Å². The van der Waals surface area contributed by atoms with E-state index in [2.05, 4.69) is 4.98 Å². The van der Waals surface area contributed by atoms with Crippen LogP contribution in [0, 0.1) is 6.92 Å². The molecule has 0 aliphatic heterocycles. The lowest BCUT2D eigenvalue weighted by atomic mass is 10.0. The molecule has 2 heterocycles. The first kappa shape index (κ1) is 13.9. The first-order chi connectivity index (χ1) is 9.90. The highest BCUT2D eigenvalue weighted by molar-refractivity contribution is 7.18. The van der Waals surface area contributed by atoms with Crippen molar-refractivity contribution in [2.45, 2.75) is 39.2 Å². The highest BCUT2D eigenvalue weighted by Crippen LogP contribution is 2.42. The van der Waals surface area contributed by atoms with Gasteiger partial charge in [0.15, 0.2) is 0 Å². The lowest BCUT2D eigenvalue weighted by Gasteiger charge is -2.09. The molecule has 0 bridgehead atoms. The molecule has 0 radical (unpaired) electrons. The Morgan fingerprint density at radius 1 is 1.48 bits per heavy atom. The van der Waals surface area contributed by atoms with Crippen molar-refractivity contribution < 1.29 is 14.7 Å². The number of hydrogen-bond acceptors (Lipinski definition) is 5. The number of Topliss-reactive ketones (excluding diaryl/α,β-unsaturated/α-hetero) is 1. The molecule has 2 aromatic heterocycles. The van der Waals surface area contributed by atoms with Crippen molar-refractivity contribution in [1.82, 2.24) is 9.55 Å². The third-order valence-electron chi connectivity index (χ3n) is 3.80. The van der Waals surface area contributed by atoms with Gasteiger partial charge in [-0.05, 0) is 32.3 Å². The number of nitrogens with zero attached hydrogens (tertiary/aromatic N) is 2. The van der Waals surface area contributed by atoms with Crippen LogP contribution in [-0.4, -0.2) is 26.4 Å². The second-order valence-electron chi connectivity index (χ2n) is 5.30. The number of carboxylic acid groups (broad SMARTS) is 1. The van der Waals surface area contributed by atoms with E-state index in [1.54, 1.807) is 6.92 Å². The molecule has 1 atom stereocenters. The van der Waals surface area contributed by atoms with Gasteiger partial charge in [-0.3, -0.25) is 19.0 Å². The number of carboxylic acids is 1. The minimum Gasteiger partial charge on any atom is -0.481 e. The summed E-state index contributed by atoms with van der Waals surface area (Å²) in [4.78, 5) is 41.2. The highest BCUT2D eigenvalue weighted by atomic mass is 32.1. The quantitative estimate of drug-likeness (QED) is 0.927. The molecule has 21 heavy (non-hydrogen) atoms. The van der Waals surface area contributed by atoms with E-state index in [4.69, 9.17) is 0 Å². The SMILES string of the molecule is CC(=O)Cn1c(C)nc2sc3c(c2c1=O)C(C(=O)O)CC3. The molecule has 1 N–H and O–H groups in total. The van der Waals surface area contributed by atoms with E-state index >= 15 is 0 Å². The van der Waals surface area contributed by atoms with Crippen molar-refractivity contribution >= 4 is 33.3 Å². The van der Waals surface area contributed by atoms with E-state index in [0.717, 1.165) is 4.88 Å². The van der Waals surface area contributed by atoms with E-state index in [-0.39, 0.29) is 17.9 Å². The molecular formula is C14H14N2O4S. The van der Waals surface area contributed by atoms with Crippen LogP contribution in [0.3, 0.4) is 0 Å². The topological polar surface area (TPSA) is 89.3 Å². The molecule has 0 amide bonds. The van der Waals surface area contributed by atoms with Crippen molar-refractivity contribution in [1.29, 1.82) is 0 Å². The average molecular weight is 306 g/mol. The second-order valence-corrected chi connectivity index (χ2v) is 6.38. The Bertz CT molecular complexity index is 834. The number of carbonyl (C=O) groups is 2. The molecule has 3 rings (SSSR count). The minimum absolute atomic E-state index is 0.0318. The van der Waals surface area contributed by atoms with Gasteiger partial charge in [0.2, 0.25) is 0 Å². The molecular weight excluding hydrogens is 292 g/mol. The largest absolute Gasteiger partial charge is 0.481 e. The molecule has 0 fully saturated rings. The van der Waals surface area contributed by atoms with Crippen LogP contribution in [-0.2, 0) is 22.6 Å². The van der Waals surface area contributed by atoms with Crippen molar-refractivity contribution in [3.63, 3.8) is 0 Å². The van der Waals surface area contributed by atoms with Crippen LogP contribution in [0.4, 0.5) is 0 Å². The molecule has 2 aromatic rings. The number of aryl methyl sites for hydroxylation is 2. The maximum Gasteiger partial charge on any atom is 0.311 e. The molecule has 7 heteroatoms. The molecule has 1 aliphatic rings. The summed E-state index contributed by atoms with van der Waals surface area (Å²) in [6.45, 7) is 3.06. The monoisotopic (exact) mass is 306 g/mol. The zero-order valence-electron chi connectivity index (χ0n) is 11.7. The first-order valence-corrected chi connectivity index (χ1v) is 7.46.